The molecule has 2 aliphatic rings. The zero-order valence-electron chi connectivity index (χ0n) is 10.6. The maximum Gasteiger partial charge on any atom is 0.312 e. The number of halogens is 1. The lowest BCUT2D eigenvalue weighted by molar-refractivity contribution is -0.153. The van der Waals surface area contributed by atoms with Crippen molar-refractivity contribution in [1.29, 1.82) is 0 Å². The molecule has 1 aliphatic heterocycles. The van der Waals surface area contributed by atoms with Gasteiger partial charge in [0.2, 0.25) is 0 Å². The fraction of sp³-hybridized carbons (Fsp3) is 0.533. The number of carboxylic acid groups (broad SMARTS) is 1. The molecule has 1 saturated carbocycles. The largest absolute Gasteiger partial charge is 0.481 e. The van der Waals surface area contributed by atoms with Crippen molar-refractivity contribution in [3.05, 3.63) is 34.9 Å². The number of aliphatic carboxylic acids is 1. The van der Waals surface area contributed by atoms with Crippen molar-refractivity contribution in [2.75, 3.05) is 6.61 Å². The summed E-state index contributed by atoms with van der Waals surface area (Å²) in [5.41, 5.74) is 0.106. The molecule has 1 aliphatic carbocycles. The van der Waals surface area contributed by atoms with Crippen molar-refractivity contribution in [2.45, 2.75) is 31.8 Å². The van der Waals surface area contributed by atoms with E-state index in [1.807, 2.05) is 24.3 Å². The molecular formula is C15H17ClO3. The number of benzene rings is 1. The summed E-state index contributed by atoms with van der Waals surface area (Å²) in [6.07, 6.45) is 3.06. The fourth-order valence-corrected chi connectivity index (χ4v) is 3.33. The molecule has 2 unspecified atom stereocenters. The summed E-state index contributed by atoms with van der Waals surface area (Å²) in [4.78, 5) is 11.9. The smallest absolute Gasteiger partial charge is 0.312 e. The lowest BCUT2D eigenvalue weighted by Gasteiger charge is -2.30. The molecule has 1 N–H and O–H groups in total. The third-order valence-corrected chi connectivity index (χ3v) is 4.70. The first kappa shape index (κ1) is 12.9. The van der Waals surface area contributed by atoms with Gasteiger partial charge < -0.3 is 9.84 Å². The molecule has 0 spiro atoms. The molecule has 4 heteroatoms. The van der Waals surface area contributed by atoms with E-state index in [-0.39, 0.29) is 6.10 Å². The van der Waals surface area contributed by atoms with E-state index in [2.05, 4.69) is 0 Å². The monoisotopic (exact) mass is 280 g/mol. The van der Waals surface area contributed by atoms with Crippen LogP contribution in [0.5, 0.6) is 0 Å². The van der Waals surface area contributed by atoms with E-state index in [1.54, 1.807) is 0 Å². The first-order valence-electron chi connectivity index (χ1n) is 6.72. The van der Waals surface area contributed by atoms with E-state index in [0.29, 0.717) is 30.4 Å². The van der Waals surface area contributed by atoms with Crippen molar-refractivity contribution in [3.8, 4) is 0 Å². The topological polar surface area (TPSA) is 46.5 Å². The van der Waals surface area contributed by atoms with Gasteiger partial charge in [-0.2, -0.15) is 0 Å². The third-order valence-electron chi connectivity index (χ3n) is 4.33. The van der Waals surface area contributed by atoms with E-state index in [4.69, 9.17) is 16.3 Å². The minimum absolute atomic E-state index is 0.152. The Hall–Kier alpha value is -1.06. The van der Waals surface area contributed by atoms with E-state index in [1.165, 1.54) is 0 Å². The van der Waals surface area contributed by atoms with E-state index >= 15 is 0 Å². The zero-order chi connectivity index (χ0) is 13.5. The van der Waals surface area contributed by atoms with Gasteiger partial charge in [-0.25, -0.2) is 0 Å². The normalized spacial score (nSPS) is 30.5. The Morgan fingerprint density at radius 2 is 2.16 bits per heavy atom. The van der Waals surface area contributed by atoms with Gasteiger partial charge in [-0.3, -0.25) is 4.79 Å². The molecule has 1 saturated heterocycles. The van der Waals surface area contributed by atoms with Gasteiger partial charge in [0.1, 0.15) is 5.41 Å². The van der Waals surface area contributed by atoms with Crippen molar-refractivity contribution in [3.63, 3.8) is 0 Å². The van der Waals surface area contributed by atoms with Gasteiger partial charge in [0.15, 0.2) is 0 Å². The second-order valence-electron chi connectivity index (χ2n) is 5.61. The molecule has 3 rings (SSSR count). The third kappa shape index (κ3) is 2.26. The molecular weight excluding hydrogens is 264 g/mol. The maximum atomic E-state index is 11.9. The molecule has 2 atom stereocenters. The summed E-state index contributed by atoms with van der Waals surface area (Å²) < 4.78 is 5.74. The molecule has 3 nitrogen and oxygen atoms in total. The van der Waals surface area contributed by atoms with Crippen LogP contribution in [0.25, 0.3) is 0 Å². The fourth-order valence-electron chi connectivity index (χ4n) is 3.13. The standard InChI is InChI=1S/C15H17ClO3/c16-12-4-2-1-3-11(12)9-15(14(17)18)7-8-19-13(15)10-5-6-10/h1-4,10,13H,5-9H2,(H,17,18). The van der Waals surface area contributed by atoms with Crippen LogP contribution in [-0.4, -0.2) is 23.8 Å². The van der Waals surface area contributed by atoms with Gasteiger partial charge >= 0.3 is 5.97 Å². The van der Waals surface area contributed by atoms with E-state index < -0.39 is 11.4 Å². The van der Waals surface area contributed by atoms with E-state index in [9.17, 15) is 9.90 Å². The highest BCUT2D eigenvalue weighted by Gasteiger charge is 2.55. The number of hydrogen-bond donors (Lipinski definition) is 1. The Balaban J connectivity index is 1.92. The van der Waals surface area contributed by atoms with Crippen LogP contribution in [0.4, 0.5) is 0 Å². The number of hydrogen-bond acceptors (Lipinski definition) is 2. The summed E-state index contributed by atoms with van der Waals surface area (Å²) in [6.45, 7) is 0.540. The Morgan fingerprint density at radius 3 is 2.79 bits per heavy atom. The Kier molecular flexibility index (Phi) is 3.27. The van der Waals surface area contributed by atoms with Crippen LogP contribution >= 0.6 is 11.6 Å². The maximum absolute atomic E-state index is 11.9. The minimum atomic E-state index is -0.799. The van der Waals surface area contributed by atoms with E-state index in [0.717, 1.165) is 18.4 Å². The summed E-state index contributed by atoms with van der Waals surface area (Å²) in [5.74, 6) is -0.331. The molecule has 2 fully saturated rings. The Morgan fingerprint density at radius 1 is 1.42 bits per heavy atom. The number of carbonyl (C=O) groups is 1. The zero-order valence-corrected chi connectivity index (χ0v) is 11.4. The highest BCUT2D eigenvalue weighted by Crippen LogP contribution is 2.50. The van der Waals surface area contributed by atoms with Crippen molar-refractivity contribution in [2.24, 2.45) is 11.3 Å². The molecule has 19 heavy (non-hydrogen) atoms. The second kappa shape index (κ2) is 4.80. The number of rotatable bonds is 4. The predicted molar refractivity (Wildman–Crippen MR) is 72.3 cm³/mol. The number of ether oxygens (including phenoxy) is 1. The van der Waals surface area contributed by atoms with Crippen molar-refractivity contribution < 1.29 is 14.6 Å². The average molecular weight is 281 g/mol. The highest BCUT2D eigenvalue weighted by molar-refractivity contribution is 6.31. The van der Waals surface area contributed by atoms with Crippen LogP contribution in [0.1, 0.15) is 24.8 Å². The van der Waals surface area contributed by atoms with Gasteiger partial charge in [0.05, 0.1) is 6.10 Å². The van der Waals surface area contributed by atoms with Gasteiger partial charge in [0.25, 0.3) is 0 Å². The Labute approximate surface area is 117 Å². The SMILES string of the molecule is O=C(O)C1(Cc2ccccc2Cl)CCOC1C1CC1. The molecule has 0 radical (unpaired) electrons. The Bertz CT molecular complexity index is 498. The number of carboxylic acids is 1. The van der Waals surface area contributed by atoms with Crippen LogP contribution in [0.15, 0.2) is 24.3 Å². The molecule has 102 valence electrons. The molecule has 1 aromatic rings. The van der Waals surface area contributed by atoms with Crippen LogP contribution in [-0.2, 0) is 16.0 Å². The summed E-state index contributed by atoms with van der Waals surface area (Å²) in [7, 11) is 0. The second-order valence-corrected chi connectivity index (χ2v) is 6.02. The lowest BCUT2D eigenvalue weighted by Crippen LogP contribution is -2.42. The van der Waals surface area contributed by atoms with Crippen molar-refractivity contribution in [1.82, 2.24) is 0 Å². The lowest BCUT2D eigenvalue weighted by atomic mass is 9.74. The quantitative estimate of drug-likeness (QED) is 0.921. The van der Waals surface area contributed by atoms with Gasteiger partial charge in [-0.05, 0) is 43.2 Å². The first-order valence-corrected chi connectivity index (χ1v) is 7.10. The van der Waals surface area contributed by atoms with Gasteiger partial charge in [0, 0.05) is 11.6 Å². The van der Waals surface area contributed by atoms with Crippen LogP contribution in [0.2, 0.25) is 5.02 Å². The van der Waals surface area contributed by atoms with Gasteiger partial charge in [-0.15, -0.1) is 0 Å². The van der Waals surface area contributed by atoms with Crippen LogP contribution < -0.4 is 0 Å². The van der Waals surface area contributed by atoms with Gasteiger partial charge in [-0.1, -0.05) is 29.8 Å². The molecule has 0 bridgehead atoms. The molecule has 0 aromatic heterocycles. The molecule has 1 aromatic carbocycles. The first-order chi connectivity index (χ1) is 9.13. The molecule has 0 amide bonds. The van der Waals surface area contributed by atoms with Crippen molar-refractivity contribution >= 4 is 17.6 Å². The molecule has 1 heterocycles. The summed E-state index contributed by atoms with van der Waals surface area (Å²) >= 11 is 6.18. The van der Waals surface area contributed by atoms with Crippen LogP contribution in [0.3, 0.4) is 0 Å². The van der Waals surface area contributed by atoms with Crippen LogP contribution in [0, 0.1) is 11.3 Å². The predicted octanol–water partition coefficient (Wildman–Crippen LogP) is 3.15. The highest BCUT2D eigenvalue weighted by atomic mass is 35.5. The summed E-state index contributed by atoms with van der Waals surface area (Å²) in [6, 6.07) is 7.49. The average Bonchev–Trinajstić information content (AvgIpc) is 3.13. The summed E-state index contributed by atoms with van der Waals surface area (Å²) in [5, 5.41) is 10.4. The minimum Gasteiger partial charge on any atom is -0.481 e.